The van der Waals surface area contributed by atoms with Gasteiger partial charge in [-0.05, 0) is 65.1 Å². The number of carbonyl (C=O) groups is 2. The first-order valence-electron chi connectivity index (χ1n) is 11.1. The monoisotopic (exact) mass is 478 g/mol. The lowest BCUT2D eigenvalue weighted by atomic mass is 10.1. The number of pyridine rings is 2. The van der Waals surface area contributed by atoms with Crippen LogP contribution in [0, 0.1) is 5.82 Å². The van der Waals surface area contributed by atoms with Crippen LogP contribution in [0.3, 0.4) is 0 Å². The highest BCUT2D eigenvalue weighted by Crippen LogP contribution is 2.32. The summed E-state index contributed by atoms with van der Waals surface area (Å²) in [6.07, 6.45) is 2.93. The number of hydrogen-bond acceptors (Lipinski definition) is 6. The minimum absolute atomic E-state index is 0.0766. The molecule has 0 unspecified atom stereocenters. The first kappa shape index (κ1) is 24.1. The van der Waals surface area contributed by atoms with E-state index in [2.05, 4.69) is 9.97 Å². The van der Waals surface area contributed by atoms with Crippen LogP contribution in [-0.4, -0.2) is 37.8 Å². The Morgan fingerprint density at radius 1 is 0.914 bits per heavy atom. The van der Waals surface area contributed by atoms with E-state index in [1.165, 1.54) is 18.3 Å². The number of aromatic nitrogens is 3. The molecule has 0 aliphatic carbocycles. The molecule has 0 bridgehead atoms. The molecule has 8 nitrogen and oxygen atoms in total. The number of rotatable bonds is 2. The van der Waals surface area contributed by atoms with Gasteiger partial charge in [-0.2, -0.15) is 4.90 Å². The molecule has 0 N–H and O–H groups in total. The van der Waals surface area contributed by atoms with E-state index in [-0.39, 0.29) is 11.6 Å². The van der Waals surface area contributed by atoms with Crippen molar-refractivity contribution in [3.63, 3.8) is 0 Å². The normalized spacial score (nSPS) is 12.1. The van der Waals surface area contributed by atoms with Crippen molar-refractivity contribution in [2.75, 3.05) is 4.90 Å². The third-order valence-electron chi connectivity index (χ3n) is 4.88. The number of benzene rings is 1. The van der Waals surface area contributed by atoms with E-state index < -0.39 is 23.4 Å². The molecule has 0 aliphatic heterocycles. The molecule has 35 heavy (non-hydrogen) atoms. The maximum atomic E-state index is 13.6. The molecule has 0 fully saturated rings. The summed E-state index contributed by atoms with van der Waals surface area (Å²) in [7, 11) is 0. The average molecular weight is 479 g/mol. The van der Waals surface area contributed by atoms with Crippen LogP contribution in [-0.2, 0) is 9.47 Å². The van der Waals surface area contributed by atoms with Crippen LogP contribution in [0.15, 0.2) is 55.0 Å². The number of hydrogen-bond donors (Lipinski definition) is 0. The number of amides is 2. The Morgan fingerprint density at radius 3 is 2.20 bits per heavy atom. The van der Waals surface area contributed by atoms with E-state index in [9.17, 15) is 14.0 Å². The van der Waals surface area contributed by atoms with Crippen LogP contribution in [0.4, 0.5) is 19.8 Å². The van der Waals surface area contributed by atoms with Crippen LogP contribution in [0.2, 0.25) is 0 Å². The third kappa shape index (κ3) is 5.24. The van der Waals surface area contributed by atoms with Gasteiger partial charge in [0, 0.05) is 29.4 Å². The SMILES string of the molecule is CC(C)(C)OC(=O)N(C(=O)OC(C)(C)C)c1nccc2ccc(-c3cnc4cc(F)ccn34)cc12. The van der Waals surface area contributed by atoms with E-state index in [4.69, 9.17) is 9.47 Å². The highest BCUT2D eigenvalue weighted by atomic mass is 19.1. The van der Waals surface area contributed by atoms with E-state index >= 15 is 0 Å². The maximum Gasteiger partial charge on any atom is 0.425 e. The number of imidazole rings is 1. The molecule has 0 aliphatic rings. The van der Waals surface area contributed by atoms with Crippen molar-refractivity contribution in [2.45, 2.75) is 52.7 Å². The van der Waals surface area contributed by atoms with Gasteiger partial charge in [-0.15, -0.1) is 0 Å². The number of carbonyl (C=O) groups excluding carboxylic acids is 2. The number of anilines is 1. The summed E-state index contributed by atoms with van der Waals surface area (Å²) in [6.45, 7) is 10.3. The molecule has 182 valence electrons. The zero-order chi connectivity index (χ0) is 25.5. The highest BCUT2D eigenvalue weighted by Gasteiger charge is 2.34. The molecule has 1 aromatic carbocycles. The summed E-state index contributed by atoms with van der Waals surface area (Å²) >= 11 is 0. The molecule has 9 heteroatoms. The van der Waals surface area contributed by atoms with Gasteiger partial charge in [0.2, 0.25) is 0 Å². The minimum atomic E-state index is -0.901. The zero-order valence-electron chi connectivity index (χ0n) is 20.5. The predicted octanol–water partition coefficient (Wildman–Crippen LogP) is 6.37. The fourth-order valence-corrected chi connectivity index (χ4v) is 3.52. The van der Waals surface area contributed by atoms with Crippen LogP contribution >= 0.6 is 0 Å². The van der Waals surface area contributed by atoms with Crippen LogP contribution in [0.5, 0.6) is 0 Å². The lowest BCUT2D eigenvalue weighted by Crippen LogP contribution is -2.44. The topological polar surface area (TPSA) is 86.0 Å². The summed E-state index contributed by atoms with van der Waals surface area (Å²) in [5.41, 5.74) is 0.199. The standard InChI is InChI=1S/C26H27FN4O4/c1-25(2,3)34-23(32)31(24(33)35-26(4,5)6)22-19-13-17(8-7-16(19)9-11-28-22)20-15-29-21-14-18(27)10-12-30(20)21/h7-15H,1-6H3. The van der Waals surface area contributed by atoms with Gasteiger partial charge in [-0.25, -0.2) is 23.9 Å². The van der Waals surface area contributed by atoms with Gasteiger partial charge >= 0.3 is 12.2 Å². The Balaban J connectivity index is 1.87. The van der Waals surface area contributed by atoms with Gasteiger partial charge in [0.15, 0.2) is 5.82 Å². The maximum absolute atomic E-state index is 13.6. The molecule has 4 rings (SSSR count). The van der Waals surface area contributed by atoms with Crippen molar-refractivity contribution < 1.29 is 23.5 Å². The fourth-order valence-electron chi connectivity index (χ4n) is 3.52. The molecule has 2 amide bonds. The summed E-state index contributed by atoms with van der Waals surface area (Å²) < 4.78 is 26.4. The molecule has 0 atom stereocenters. The first-order chi connectivity index (χ1) is 16.3. The van der Waals surface area contributed by atoms with Crippen molar-refractivity contribution in [3.05, 3.63) is 60.8 Å². The van der Waals surface area contributed by atoms with Gasteiger partial charge in [-0.3, -0.25) is 4.40 Å². The third-order valence-corrected chi connectivity index (χ3v) is 4.88. The predicted molar refractivity (Wildman–Crippen MR) is 131 cm³/mol. The van der Waals surface area contributed by atoms with E-state index in [0.29, 0.717) is 16.7 Å². The quantitative estimate of drug-likeness (QED) is 0.333. The molecule has 3 heterocycles. The van der Waals surface area contributed by atoms with E-state index in [0.717, 1.165) is 15.8 Å². The van der Waals surface area contributed by atoms with Gasteiger partial charge in [0.1, 0.15) is 22.7 Å². The van der Waals surface area contributed by atoms with Gasteiger partial charge < -0.3 is 9.47 Å². The molecule has 0 saturated heterocycles. The molecule has 0 saturated carbocycles. The summed E-state index contributed by atoms with van der Waals surface area (Å²) in [6, 6.07) is 9.98. The molecule has 0 spiro atoms. The number of imide groups is 1. The van der Waals surface area contributed by atoms with Crippen molar-refractivity contribution in [1.82, 2.24) is 14.4 Å². The van der Waals surface area contributed by atoms with Crippen molar-refractivity contribution in [1.29, 1.82) is 0 Å². The van der Waals surface area contributed by atoms with Gasteiger partial charge in [0.25, 0.3) is 0 Å². The van der Waals surface area contributed by atoms with Crippen LogP contribution in [0.1, 0.15) is 41.5 Å². The Bertz CT molecular complexity index is 1410. The van der Waals surface area contributed by atoms with Gasteiger partial charge in [0.05, 0.1) is 11.9 Å². The number of nitrogens with zero attached hydrogens (tertiary/aromatic N) is 4. The van der Waals surface area contributed by atoms with Crippen molar-refractivity contribution in [2.24, 2.45) is 0 Å². The Hall–Kier alpha value is -4.01. The average Bonchev–Trinajstić information content (AvgIpc) is 3.14. The second-order valence-corrected chi connectivity index (χ2v) is 10.1. The number of fused-ring (bicyclic) bond motifs is 2. The summed E-state index contributed by atoms with van der Waals surface area (Å²) in [5.74, 6) is -0.308. The largest absolute Gasteiger partial charge is 0.443 e. The molecule has 3 aromatic heterocycles. The summed E-state index contributed by atoms with van der Waals surface area (Å²) in [5, 5.41) is 1.27. The zero-order valence-corrected chi connectivity index (χ0v) is 20.5. The highest BCUT2D eigenvalue weighted by molar-refractivity contribution is 6.14. The second-order valence-electron chi connectivity index (χ2n) is 10.1. The fraction of sp³-hybridized carbons (Fsp3) is 0.308. The Morgan fingerprint density at radius 2 is 1.57 bits per heavy atom. The Labute approximate surface area is 202 Å². The molecule has 4 aromatic rings. The number of halogens is 1. The summed E-state index contributed by atoms with van der Waals surface area (Å²) in [4.78, 5) is 35.8. The van der Waals surface area contributed by atoms with Crippen LogP contribution in [0.25, 0.3) is 27.7 Å². The minimum Gasteiger partial charge on any atom is -0.443 e. The first-order valence-corrected chi connectivity index (χ1v) is 11.1. The molecular formula is C26H27FN4O4. The lowest BCUT2D eigenvalue weighted by Gasteiger charge is -2.28. The van der Waals surface area contributed by atoms with E-state index in [1.807, 2.05) is 12.1 Å². The van der Waals surface area contributed by atoms with Crippen LogP contribution < -0.4 is 4.90 Å². The second kappa shape index (κ2) is 8.65. The van der Waals surface area contributed by atoms with Gasteiger partial charge in [-0.1, -0.05) is 12.1 Å². The Kier molecular flexibility index (Phi) is 5.96. The number of ether oxygens (including phenoxy) is 2. The van der Waals surface area contributed by atoms with Crippen molar-refractivity contribution in [3.8, 4) is 11.3 Å². The van der Waals surface area contributed by atoms with E-state index in [1.54, 1.807) is 70.5 Å². The lowest BCUT2D eigenvalue weighted by molar-refractivity contribution is 0.0429. The molecular weight excluding hydrogens is 451 g/mol. The molecule has 0 radical (unpaired) electrons. The smallest absolute Gasteiger partial charge is 0.425 e. The van der Waals surface area contributed by atoms with Crippen molar-refractivity contribution >= 4 is 34.4 Å².